The molecule has 1 fully saturated rings. The summed E-state index contributed by atoms with van der Waals surface area (Å²) in [7, 11) is 0. The second-order valence-corrected chi connectivity index (χ2v) is 7.19. The summed E-state index contributed by atoms with van der Waals surface area (Å²) < 4.78 is 0. The monoisotopic (exact) mass is 372 g/mol. The Balaban J connectivity index is 1.44. The van der Waals surface area contributed by atoms with Crippen molar-refractivity contribution in [2.24, 2.45) is 5.16 Å². The molecule has 2 aliphatic rings. The summed E-state index contributed by atoms with van der Waals surface area (Å²) in [6.45, 7) is 7.02. The van der Waals surface area contributed by atoms with Crippen LogP contribution in [0, 0.1) is 0 Å². The lowest BCUT2D eigenvalue weighted by Gasteiger charge is -2.34. The highest BCUT2D eigenvalue weighted by atomic mass is 16.6. The molecule has 2 heterocycles. The van der Waals surface area contributed by atoms with Gasteiger partial charge in [0.2, 0.25) is 5.91 Å². The molecule has 2 unspecified atom stereocenters. The third-order valence-electron chi connectivity index (χ3n) is 5.13. The van der Waals surface area contributed by atoms with E-state index in [9.17, 15) is 9.59 Å². The van der Waals surface area contributed by atoms with E-state index in [2.05, 4.69) is 15.4 Å². The maximum Gasteiger partial charge on any atom is 0.271 e. The molecule has 0 aromatic heterocycles. The topological polar surface area (TPSA) is 74.2 Å². The molecule has 1 aromatic carbocycles. The van der Waals surface area contributed by atoms with Crippen molar-refractivity contribution in [1.29, 1.82) is 0 Å². The van der Waals surface area contributed by atoms with Gasteiger partial charge in [0.15, 0.2) is 6.10 Å². The van der Waals surface area contributed by atoms with Crippen LogP contribution in [0.4, 0.5) is 0 Å². The first kappa shape index (κ1) is 19.4. The van der Waals surface area contributed by atoms with Crippen molar-refractivity contribution < 1.29 is 14.4 Å². The number of amides is 2. The molecule has 2 aliphatic heterocycles. The molecule has 2 atom stereocenters. The second kappa shape index (κ2) is 8.99. The van der Waals surface area contributed by atoms with E-state index in [1.165, 1.54) is 0 Å². The molecule has 1 N–H and O–H groups in total. The first-order valence-electron chi connectivity index (χ1n) is 9.65. The zero-order valence-corrected chi connectivity index (χ0v) is 16.1. The van der Waals surface area contributed by atoms with Gasteiger partial charge in [0.25, 0.3) is 5.91 Å². The first-order chi connectivity index (χ1) is 13.1. The smallest absolute Gasteiger partial charge is 0.271 e. The molecule has 1 aromatic rings. The van der Waals surface area contributed by atoms with Crippen LogP contribution in [0.15, 0.2) is 35.5 Å². The average molecular weight is 372 g/mol. The van der Waals surface area contributed by atoms with E-state index in [0.29, 0.717) is 44.9 Å². The molecule has 0 bridgehead atoms. The van der Waals surface area contributed by atoms with Gasteiger partial charge < -0.3 is 15.1 Å². The van der Waals surface area contributed by atoms with Crippen LogP contribution < -0.4 is 5.32 Å². The van der Waals surface area contributed by atoms with Gasteiger partial charge in [-0.3, -0.25) is 14.5 Å². The van der Waals surface area contributed by atoms with Crippen LogP contribution in [0.5, 0.6) is 0 Å². The van der Waals surface area contributed by atoms with Crippen molar-refractivity contribution in [3.63, 3.8) is 0 Å². The van der Waals surface area contributed by atoms with Gasteiger partial charge >= 0.3 is 0 Å². The fourth-order valence-corrected chi connectivity index (χ4v) is 3.27. The van der Waals surface area contributed by atoms with Crippen LogP contribution in [0.25, 0.3) is 0 Å². The van der Waals surface area contributed by atoms with Crippen LogP contribution in [0.1, 0.15) is 38.4 Å². The number of carbonyl (C=O) groups is 2. The number of hydrogen-bond acceptors (Lipinski definition) is 5. The highest BCUT2D eigenvalue weighted by Crippen LogP contribution is 2.27. The van der Waals surface area contributed by atoms with Crippen molar-refractivity contribution in [2.75, 3.05) is 32.7 Å². The standard InChI is InChI=1S/C20H28N4O3/c1-3-15(2)21-19(25)14-23-9-11-24(12-10-23)20(26)17-13-18(27-22-17)16-7-5-4-6-8-16/h4-8,15,18H,3,9-14H2,1-2H3,(H,21,25). The lowest BCUT2D eigenvalue weighted by Crippen LogP contribution is -2.52. The van der Waals surface area contributed by atoms with Crippen LogP contribution >= 0.6 is 0 Å². The molecule has 0 radical (unpaired) electrons. The Morgan fingerprint density at radius 1 is 1.22 bits per heavy atom. The van der Waals surface area contributed by atoms with E-state index in [1.807, 2.05) is 44.2 Å². The predicted octanol–water partition coefficient (Wildman–Crippen LogP) is 1.56. The summed E-state index contributed by atoms with van der Waals surface area (Å²) >= 11 is 0. The van der Waals surface area contributed by atoms with Crippen molar-refractivity contribution in [1.82, 2.24) is 15.1 Å². The van der Waals surface area contributed by atoms with Gasteiger partial charge in [-0.2, -0.15) is 0 Å². The van der Waals surface area contributed by atoms with Crippen LogP contribution in [-0.4, -0.2) is 66.1 Å². The second-order valence-electron chi connectivity index (χ2n) is 7.19. The Bertz CT molecular complexity index is 684. The SMILES string of the molecule is CCC(C)NC(=O)CN1CCN(C(=O)C2=NOC(c3ccccc3)C2)CC1. The Hall–Kier alpha value is -2.41. The van der Waals surface area contributed by atoms with Gasteiger partial charge in [0.1, 0.15) is 5.71 Å². The fraction of sp³-hybridized carbons (Fsp3) is 0.550. The third-order valence-corrected chi connectivity index (χ3v) is 5.13. The molecule has 0 aliphatic carbocycles. The normalized spacial score (nSPS) is 21.3. The van der Waals surface area contributed by atoms with E-state index in [4.69, 9.17) is 4.84 Å². The van der Waals surface area contributed by atoms with Gasteiger partial charge in [-0.1, -0.05) is 42.4 Å². The average Bonchev–Trinajstić information content (AvgIpc) is 3.18. The minimum absolute atomic E-state index is 0.0448. The number of benzene rings is 1. The molecule has 7 heteroatoms. The minimum atomic E-state index is -0.185. The number of nitrogens with one attached hydrogen (secondary N) is 1. The van der Waals surface area contributed by atoms with Gasteiger partial charge in [0.05, 0.1) is 6.54 Å². The molecule has 1 saturated heterocycles. The maximum atomic E-state index is 12.7. The highest BCUT2D eigenvalue weighted by Gasteiger charge is 2.32. The van der Waals surface area contributed by atoms with E-state index in [1.54, 1.807) is 4.90 Å². The van der Waals surface area contributed by atoms with Crippen LogP contribution in [0.3, 0.4) is 0 Å². The number of nitrogens with zero attached hydrogens (tertiary/aromatic N) is 3. The van der Waals surface area contributed by atoms with Crippen molar-refractivity contribution in [2.45, 2.75) is 38.8 Å². The van der Waals surface area contributed by atoms with E-state index in [0.717, 1.165) is 12.0 Å². The molecule has 0 spiro atoms. The molecule has 146 valence electrons. The van der Waals surface area contributed by atoms with Crippen LogP contribution in [-0.2, 0) is 14.4 Å². The molecule has 3 rings (SSSR count). The summed E-state index contributed by atoms with van der Waals surface area (Å²) in [4.78, 5) is 34.1. The van der Waals surface area contributed by atoms with E-state index < -0.39 is 0 Å². The van der Waals surface area contributed by atoms with Crippen molar-refractivity contribution >= 4 is 17.5 Å². The molecule has 2 amide bonds. The Kier molecular flexibility index (Phi) is 6.45. The first-order valence-corrected chi connectivity index (χ1v) is 9.65. The number of oxime groups is 1. The molecular formula is C20H28N4O3. The van der Waals surface area contributed by atoms with E-state index >= 15 is 0 Å². The zero-order chi connectivity index (χ0) is 19.2. The summed E-state index contributed by atoms with van der Waals surface area (Å²) in [5.74, 6) is -0.0134. The largest absolute Gasteiger partial charge is 0.387 e. The lowest BCUT2D eigenvalue weighted by molar-refractivity contribution is -0.127. The molecular weight excluding hydrogens is 344 g/mol. The van der Waals surface area contributed by atoms with Crippen molar-refractivity contribution in [3.8, 4) is 0 Å². The van der Waals surface area contributed by atoms with Gasteiger partial charge in [-0.25, -0.2) is 0 Å². The Labute approximate surface area is 160 Å². The highest BCUT2D eigenvalue weighted by molar-refractivity contribution is 6.39. The minimum Gasteiger partial charge on any atom is -0.387 e. The third kappa shape index (κ3) is 5.07. The van der Waals surface area contributed by atoms with Gasteiger partial charge in [-0.15, -0.1) is 0 Å². The number of carbonyl (C=O) groups excluding carboxylic acids is 2. The summed E-state index contributed by atoms with van der Waals surface area (Å²) in [5, 5.41) is 7.01. The molecule has 27 heavy (non-hydrogen) atoms. The zero-order valence-electron chi connectivity index (χ0n) is 16.1. The van der Waals surface area contributed by atoms with Gasteiger partial charge in [-0.05, 0) is 18.9 Å². The maximum absolute atomic E-state index is 12.7. The Morgan fingerprint density at radius 2 is 1.93 bits per heavy atom. The lowest BCUT2D eigenvalue weighted by atomic mass is 10.0. The van der Waals surface area contributed by atoms with Crippen LogP contribution in [0.2, 0.25) is 0 Å². The molecule has 0 saturated carbocycles. The number of rotatable bonds is 6. The molecule has 7 nitrogen and oxygen atoms in total. The number of hydrogen-bond donors (Lipinski definition) is 1. The van der Waals surface area contributed by atoms with Crippen molar-refractivity contribution in [3.05, 3.63) is 35.9 Å². The van der Waals surface area contributed by atoms with Gasteiger partial charge in [0, 0.05) is 38.6 Å². The fourth-order valence-electron chi connectivity index (χ4n) is 3.27. The summed E-state index contributed by atoms with van der Waals surface area (Å²) in [5.41, 5.74) is 1.51. The Morgan fingerprint density at radius 3 is 2.59 bits per heavy atom. The predicted molar refractivity (Wildman–Crippen MR) is 103 cm³/mol. The number of piperazine rings is 1. The summed E-state index contributed by atoms with van der Waals surface area (Å²) in [6.07, 6.45) is 1.23. The quantitative estimate of drug-likeness (QED) is 0.822. The van der Waals surface area contributed by atoms with E-state index in [-0.39, 0.29) is 24.0 Å². The summed E-state index contributed by atoms with van der Waals surface area (Å²) in [6, 6.07) is 10.0.